The van der Waals surface area contributed by atoms with Crippen molar-refractivity contribution in [3.05, 3.63) is 29.6 Å². The van der Waals surface area contributed by atoms with Crippen LogP contribution < -0.4 is 16.2 Å². The molecule has 106 valence electrons. The van der Waals surface area contributed by atoms with Crippen LogP contribution in [0.2, 0.25) is 0 Å². The lowest BCUT2D eigenvalue weighted by atomic mass is 10.1. The Hall–Kier alpha value is -2.28. The second-order valence-corrected chi connectivity index (χ2v) is 4.47. The Morgan fingerprint density at radius 2 is 2.05 bits per heavy atom. The first-order valence-electron chi connectivity index (χ1n) is 6.20. The Morgan fingerprint density at radius 1 is 1.30 bits per heavy atom. The molecular weight excluding hydrogens is 265 g/mol. The van der Waals surface area contributed by atoms with Crippen LogP contribution in [0.1, 0.15) is 29.6 Å². The molecule has 6 nitrogen and oxygen atoms in total. The number of fused-ring (bicyclic) bond motifs is 1. The summed E-state index contributed by atoms with van der Waals surface area (Å²) in [6, 6.07) is 3.69. The van der Waals surface area contributed by atoms with Crippen LogP contribution in [0.3, 0.4) is 0 Å². The van der Waals surface area contributed by atoms with E-state index in [1.54, 1.807) is 0 Å². The third-order valence-electron chi connectivity index (χ3n) is 3.13. The van der Waals surface area contributed by atoms with E-state index in [4.69, 9.17) is 5.84 Å². The number of carbonyl (C=O) groups is 3. The molecule has 1 heterocycles. The van der Waals surface area contributed by atoms with Crippen molar-refractivity contribution in [2.75, 3.05) is 11.4 Å². The van der Waals surface area contributed by atoms with Crippen molar-refractivity contribution >= 4 is 23.3 Å². The largest absolute Gasteiger partial charge is 0.305 e. The summed E-state index contributed by atoms with van der Waals surface area (Å²) in [4.78, 5) is 35.8. The zero-order chi connectivity index (χ0) is 14.7. The van der Waals surface area contributed by atoms with Crippen molar-refractivity contribution in [1.29, 1.82) is 0 Å². The van der Waals surface area contributed by atoms with Gasteiger partial charge in [-0.05, 0) is 31.0 Å². The third kappa shape index (κ3) is 2.67. The van der Waals surface area contributed by atoms with Crippen molar-refractivity contribution in [3.63, 3.8) is 0 Å². The number of hydrogen-bond donors (Lipinski definition) is 2. The number of amides is 2. The highest BCUT2D eigenvalue weighted by Gasteiger charge is 2.35. The summed E-state index contributed by atoms with van der Waals surface area (Å²) in [6.45, 7) is 0.307. The summed E-state index contributed by atoms with van der Waals surface area (Å²) in [5.41, 5.74) is 2.53. The quantitative estimate of drug-likeness (QED) is 0.270. The number of unbranched alkanes of at least 4 members (excludes halogenated alkanes) is 1. The minimum absolute atomic E-state index is 0.0923. The van der Waals surface area contributed by atoms with Crippen molar-refractivity contribution < 1.29 is 18.8 Å². The summed E-state index contributed by atoms with van der Waals surface area (Å²) in [5.74, 6) is 2.77. The van der Waals surface area contributed by atoms with Gasteiger partial charge in [0.15, 0.2) is 0 Å². The SMILES string of the molecule is NNC(=O)CCCCN1C(=O)C(=O)c2cc(F)ccc21. The first kappa shape index (κ1) is 14.1. The highest BCUT2D eigenvalue weighted by Crippen LogP contribution is 2.29. The summed E-state index contributed by atoms with van der Waals surface area (Å²) in [7, 11) is 0. The van der Waals surface area contributed by atoms with Gasteiger partial charge in [0, 0.05) is 13.0 Å². The molecule has 0 aliphatic carbocycles. The molecule has 0 spiro atoms. The number of rotatable bonds is 5. The van der Waals surface area contributed by atoms with Gasteiger partial charge < -0.3 is 4.90 Å². The van der Waals surface area contributed by atoms with E-state index in [0.717, 1.165) is 6.07 Å². The highest BCUT2D eigenvalue weighted by molar-refractivity contribution is 6.52. The second kappa shape index (κ2) is 5.79. The first-order valence-corrected chi connectivity index (χ1v) is 6.20. The number of carbonyl (C=O) groups excluding carboxylic acids is 3. The number of hydrazine groups is 1. The lowest BCUT2D eigenvalue weighted by molar-refractivity contribution is -0.121. The average Bonchev–Trinajstić information content (AvgIpc) is 2.67. The van der Waals surface area contributed by atoms with E-state index >= 15 is 0 Å². The van der Waals surface area contributed by atoms with Crippen molar-refractivity contribution in [2.45, 2.75) is 19.3 Å². The molecule has 0 radical (unpaired) electrons. The first-order chi connectivity index (χ1) is 9.54. The molecule has 1 aliphatic heterocycles. The number of nitrogens with zero attached hydrogens (tertiary/aromatic N) is 1. The Balaban J connectivity index is 2.01. The monoisotopic (exact) mass is 279 g/mol. The molecule has 0 aromatic heterocycles. The molecule has 0 bridgehead atoms. The van der Waals surface area contributed by atoms with Gasteiger partial charge in [0.05, 0.1) is 11.3 Å². The van der Waals surface area contributed by atoms with Gasteiger partial charge in [-0.3, -0.25) is 19.8 Å². The molecule has 0 fully saturated rings. The fourth-order valence-electron chi connectivity index (χ4n) is 2.12. The topological polar surface area (TPSA) is 92.5 Å². The van der Waals surface area contributed by atoms with E-state index < -0.39 is 17.5 Å². The number of Topliss-reactive ketones (excluding diaryl/α,β-unsaturated/α-hetero) is 1. The standard InChI is InChI=1S/C13H14FN3O3/c14-8-4-5-10-9(7-8)12(19)13(20)17(10)6-2-1-3-11(18)16-15/h4-5,7H,1-3,6,15H2,(H,16,18). The Kier molecular flexibility index (Phi) is 4.09. The van der Waals surface area contributed by atoms with E-state index in [1.165, 1.54) is 17.0 Å². The number of halogens is 1. The normalized spacial score (nSPS) is 13.6. The van der Waals surface area contributed by atoms with Crippen LogP contribution in [-0.4, -0.2) is 24.1 Å². The van der Waals surface area contributed by atoms with E-state index in [0.29, 0.717) is 25.1 Å². The Morgan fingerprint density at radius 3 is 2.75 bits per heavy atom. The number of nitrogens with two attached hydrogens (primary N) is 1. The Labute approximate surface area is 114 Å². The molecule has 1 aromatic carbocycles. The lowest BCUT2D eigenvalue weighted by Gasteiger charge is -2.16. The molecule has 2 rings (SSSR count). The van der Waals surface area contributed by atoms with Crippen LogP contribution in [0.5, 0.6) is 0 Å². The molecule has 0 atom stereocenters. The molecule has 3 N–H and O–H groups in total. The summed E-state index contributed by atoms with van der Waals surface area (Å²) in [6.07, 6.45) is 1.34. The van der Waals surface area contributed by atoms with Crippen LogP contribution in [-0.2, 0) is 9.59 Å². The number of benzene rings is 1. The molecule has 7 heteroatoms. The van der Waals surface area contributed by atoms with Crippen molar-refractivity contribution in [1.82, 2.24) is 5.43 Å². The smallest absolute Gasteiger partial charge is 0.299 e. The van der Waals surface area contributed by atoms with Gasteiger partial charge in [0.25, 0.3) is 11.7 Å². The lowest BCUT2D eigenvalue weighted by Crippen LogP contribution is -2.31. The van der Waals surface area contributed by atoms with Crippen molar-refractivity contribution in [2.24, 2.45) is 5.84 Å². The predicted molar refractivity (Wildman–Crippen MR) is 69.3 cm³/mol. The van der Waals surface area contributed by atoms with E-state index in [2.05, 4.69) is 0 Å². The number of hydrogen-bond acceptors (Lipinski definition) is 4. The predicted octanol–water partition coefficient (Wildman–Crippen LogP) is 0.515. The zero-order valence-corrected chi connectivity index (χ0v) is 10.7. The van der Waals surface area contributed by atoms with E-state index in [-0.39, 0.29) is 17.9 Å². The average molecular weight is 279 g/mol. The highest BCUT2D eigenvalue weighted by atomic mass is 19.1. The number of nitrogens with one attached hydrogen (secondary N) is 1. The number of ketones is 1. The Bertz CT molecular complexity index is 574. The van der Waals surface area contributed by atoms with Crippen LogP contribution in [0.25, 0.3) is 0 Å². The van der Waals surface area contributed by atoms with Crippen LogP contribution in [0.4, 0.5) is 10.1 Å². The summed E-state index contributed by atoms with van der Waals surface area (Å²) >= 11 is 0. The maximum Gasteiger partial charge on any atom is 0.299 e. The second-order valence-electron chi connectivity index (χ2n) is 4.47. The van der Waals surface area contributed by atoms with Crippen molar-refractivity contribution in [3.8, 4) is 0 Å². The number of anilines is 1. The van der Waals surface area contributed by atoms with Gasteiger partial charge in [-0.2, -0.15) is 0 Å². The minimum Gasteiger partial charge on any atom is -0.305 e. The van der Waals surface area contributed by atoms with E-state index in [1.807, 2.05) is 5.43 Å². The van der Waals surface area contributed by atoms with E-state index in [9.17, 15) is 18.8 Å². The maximum atomic E-state index is 13.1. The molecule has 1 aliphatic rings. The van der Waals surface area contributed by atoms with Crippen LogP contribution >= 0.6 is 0 Å². The van der Waals surface area contributed by atoms with Gasteiger partial charge in [-0.15, -0.1) is 0 Å². The fourth-order valence-corrected chi connectivity index (χ4v) is 2.12. The fraction of sp³-hybridized carbons (Fsp3) is 0.308. The molecule has 20 heavy (non-hydrogen) atoms. The zero-order valence-electron chi connectivity index (χ0n) is 10.7. The minimum atomic E-state index is -0.695. The van der Waals surface area contributed by atoms with Crippen LogP contribution in [0.15, 0.2) is 18.2 Å². The molecular formula is C13H14FN3O3. The van der Waals surface area contributed by atoms with Gasteiger partial charge in [-0.25, -0.2) is 10.2 Å². The molecule has 1 aromatic rings. The molecule has 0 saturated carbocycles. The summed E-state index contributed by atoms with van der Waals surface area (Å²) in [5, 5.41) is 0. The van der Waals surface area contributed by atoms with Crippen LogP contribution in [0, 0.1) is 5.82 Å². The van der Waals surface area contributed by atoms with Gasteiger partial charge in [0.2, 0.25) is 5.91 Å². The maximum absolute atomic E-state index is 13.1. The van der Waals surface area contributed by atoms with Gasteiger partial charge >= 0.3 is 0 Å². The molecule has 0 saturated heterocycles. The third-order valence-corrected chi connectivity index (χ3v) is 3.13. The summed E-state index contributed by atoms with van der Waals surface area (Å²) < 4.78 is 13.1. The van der Waals surface area contributed by atoms with Gasteiger partial charge in [0.1, 0.15) is 5.82 Å². The molecule has 2 amide bonds. The molecule has 0 unspecified atom stereocenters. The van der Waals surface area contributed by atoms with Gasteiger partial charge in [-0.1, -0.05) is 0 Å².